The van der Waals surface area contributed by atoms with Crippen LogP contribution in [0.15, 0.2) is 61.4 Å². The summed E-state index contributed by atoms with van der Waals surface area (Å²) in [6, 6.07) is 12.1. The number of amides is 2. The maximum absolute atomic E-state index is 12.8. The Morgan fingerprint density at radius 3 is 2.82 bits per heavy atom. The Hall–Kier alpha value is -4.75. The van der Waals surface area contributed by atoms with Crippen molar-refractivity contribution in [3.05, 3.63) is 77.6 Å². The van der Waals surface area contributed by atoms with Gasteiger partial charge in [0.05, 0.1) is 27.5 Å². The standard InChI is InChI=1S/C27H23ClN8O2/c1-2-22(37)35-11-5-6-18(15-35)36-25-17(13-29)14-32-26(30)23(25)24(34-36)19-9-8-16(12-20(19)28)27(38)33-21-7-3-4-10-31-21/h2-4,7-10,12,14,18H,1,5-6,11,15H2,(H2,30,32)(H,31,33,38)/t18-/m1/s1. The predicted octanol–water partition coefficient (Wildman–Crippen LogP) is 4.20. The molecule has 4 heterocycles. The number of pyridine rings is 2. The van der Waals surface area contributed by atoms with Crippen molar-refractivity contribution in [1.82, 2.24) is 24.6 Å². The van der Waals surface area contributed by atoms with Crippen LogP contribution >= 0.6 is 11.6 Å². The zero-order chi connectivity index (χ0) is 26.8. The second-order valence-electron chi connectivity index (χ2n) is 8.83. The molecule has 190 valence electrons. The molecule has 0 bridgehead atoms. The van der Waals surface area contributed by atoms with Gasteiger partial charge in [-0.2, -0.15) is 10.4 Å². The third kappa shape index (κ3) is 4.55. The van der Waals surface area contributed by atoms with Crippen LogP contribution in [0.3, 0.4) is 0 Å². The van der Waals surface area contributed by atoms with E-state index in [4.69, 9.17) is 22.4 Å². The van der Waals surface area contributed by atoms with Gasteiger partial charge in [0, 0.05) is 36.6 Å². The smallest absolute Gasteiger partial charge is 0.256 e. The molecular weight excluding hydrogens is 504 g/mol. The number of carbonyl (C=O) groups excluding carboxylic acids is 2. The van der Waals surface area contributed by atoms with Gasteiger partial charge >= 0.3 is 0 Å². The number of anilines is 2. The molecular formula is C27H23ClN8O2. The van der Waals surface area contributed by atoms with Crippen molar-refractivity contribution in [2.24, 2.45) is 0 Å². The summed E-state index contributed by atoms with van der Waals surface area (Å²) in [6.45, 7) is 4.62. The number of nitrogen functional groups attached to an aromatic ring is 1. The average Bonchev–Trinajstić information content (AvgIpc) is 3.35. The van der Waals surface area contributed by atoms with Crippen molar-refractivity contribution < 1.29 is 9.59 Å². The Morgan fingerprint density at radius 1 is 1.26 bits per heavy atom. The van der Waals surface area contributed by atoms with Crippen molar-refractivity contribution in [2.45, 2.75) is 18.9 Å². The number of nitrogens with zero attached hydrogens (tertiary/aromatic N) is 6. The number of nitrogens with two attached hydrogens (primary N) is 1. The molecule has 1 fully saturated rings. The van der Waals surface area contributed by atoms with Gasteiger partial charge in [-0.1, -0.05) is 30.3 Å². The number of halogens is 1. The average molecular weight is 527 g/mol. The number of hydrogen-bond donors (Lipinski definition) is 2. The number of benzene rings is 1. The molecule has 3 N–H and O–H groups in total. The van der Waals surface area contributed by atoms with E-state index < -0.39 is 0 Å². The molecule has 1 aromatic carbocycles. The van der Waals surface area contributed by atoms with E-state index in [1.54, 1.807) is 52.2 Å². The molecule has 1 atom stereocenters. The van der Waals surface area contributed by atoms with E-state index in [0.29, 0.717) is 52.2 Å². The third-order valence-electron chi connectivity index (χ3n) is 6.50. The molecule has 10 nitrogen and oxygen atoms in total. The summed E-state index contributed by atoms with van der Waals surface area (Å²) in [6.07, 6.45) is 5.82. The van der Waals surface area contributed by atoms with Crippen LogP contribution in [0, 0.1) is 11.3 Å². The van der Waals surface area contributed by atoms with Gasteiger partial charge in [-0.3, -0.25) is 14.3 Å². The van der Waals surface area contributed by atoms with Crippen LogP contribution in [0.25, 0.3) is 22.2 Å². The van der Waals surface area contributed by atoms with Crippen LogP contribution in [-0.2, 0) is 4.79 Å². The molecule has 1 aliphatic heterocycles. The molecule has 3 aromatic heterocycles. The zero-order valence-corrected chi connectivity index (χ0v) is 21.0. The Balaban J connectivity index is 1.58. The van der Waals surface area contributed by atoms with Crippen LogP contribution in [0.1, 0.15) is 34.8 Å². The topological polar surface area (TPSA) is 143 Å². The Kier molecular flexibility index (Phi) is 6.77. The lowest BCUT2D eigenvalue weighted by Crippen LogP contribution is -2.40. The maximum Gasteiger partial charge on any atom is 0.256 e. The van der Waals surface area contributed by atoms with E-state index in [9.17, 15) is 14.9 Å². The fraction of sp³-hybridized carbons (Fsp3) is 0.185. The number of nitriles is 1. The molecule has 1 saturated heterocycles. The molecule has 0 unspecified atom stereocenters. The number of rotatable bonds is 5. The molecule has 4 aromatic rings. The first kappa shape index (κ1) is 24.9. The van der Waals surface area contributed by atoms with Crippen LogP contribution in [0.5, 0.6) is 0 Å². The number of piperidine rings is 1. The predicted molar refractivity (Wildman–Crippen MR) is 144 cm³/mol. The highest BCUT2D eigenvalue weighted by Gasteiger charge is 2.29. The van der Waals surface area contributed by atoms with Crippen LogP contribution < -0.4 is 11.1 Å². The molecule has 11 heteroatoms. The van der Waals surface area contributed by atoms with E-state index in [2.05, 4.69) is 27.9 Å². The summed E-state index contributed by atoms with van der Waals surface area (Å²) in [7, 11) is 0. The summed E-state index contributed by atoms with van der Waals surface area (Å²) in [4.78, 5) is 35.1. The third-order valence-corrected chi connectivity index (χ3v) is 6.81. The van der Waals surface area contributed by atoms with Crippen LogP contribution in [0.4, 0.5) is 11.6 Å². The fourth-order valence-corrected chi connectivity index (χ4v) is 4.96. The van der Waals surface area contributed by atoms with Gasteiger partial charge in [-0.25, -0.2) is 9.97 Å². The highest BCUT2D eigenvalue weighted by molar-refractivity contribution is 6.34. The second kappa shape index (κ2) is 10.3. The van der Waals surface area contributed by atoms with Gasteiger partial charge in [0.25, 0.3) is 5.91 Å². The van der Waals surface area contributed by atoms with E-state index in [1.165, 1.54) is 12.3 Å². The molecule has 1 aliphatic rings. The summed E-state index contributed by atoms with van der Waals surface area (Å²) in [5.41, 5.74) is 8.45. The maximum atomic E-state index is 12.8. The number of carbonyl (C=O) groups is 2. The highest BCUT2D eigenvalue weighted by Crippen LogP contribution is 2.39. The second-order valence-corrected chi connectivity index (χ2v) is 9.24. The monoisotopic (exact) mass is 526 g/mol. The summed E-state index contributed by atoms with van der Waals surface area (Å²) >= 11 is 6.68. The number of likely N-dealkylation sites (tertiary alicyclic amines) is 1. The van der Waals surface area contributed by atoms with Gasteiger partial charge in [-0.15, -0.1) is 0 Å². The minimum atomic E-state index is -0.366. The minimum Gasteiger partial charge on any atom is -0.383 e. The summed E-state index contributed by atoms with van der Waals surface area (Å²) < 4.78 is 1.75. The quantitative estimate of drug-likeness (QED) is 0.371. The van der Waals surface area contributed by atoms with Crippen molar-refractivity contribution in [1.29, 1.82) is 5.26 Å². The first-order chi connectivity index (χ1) is 18.4. The number of nitrogens with one attached hydrogen (secondary N) is 1. The largest absolute Gasteiger partial charge is 0.383 e. The van der Waals surface area contributed by atoms with E-state index >= 15 is 0 Å². The number of aromatic nitrogens is 4. The molecule has 2 amide bonds. The minimum absolute atomic E-state index is 0.157. The van der Waals surface area contributed by atoms with Crippen molar-refractivity contribution in [3.8, 4) is 17.3 Å². The molecule has 0 aliphatic carbocycles. The normalized spacial score (nSPS) is 15.2. The van der Waals surface area contributed by atoms with Gasteiger partial charge in [0.15, 0.2) is 0 Å². The lowest BCUT2D eigenvalue weighted by molar-refractivity contribution is -0.127. The number of fused-ring (bicyclic) bond motifs is 1. The first-order valence-electron chi connectivity index (χ1n) is 11.9. The van der Waals surface area contributed by atoms with Gasteiger partial charge in [-0.05, 0) is 43.2 Å². The lowest BCUT2D eigenvalue weighted by atomic mass is 10.0. The van der Waals surface area contributed by atoms with Crippen molar-refractivity contribution in [3.63, 3.8) is 0 Å². The van der Waals surface area contributed by atoms with Crippen LogP contribution in [0.2, 0.25) is 5.02 Å². The van der Waals surface area contributed by atoms with Gasteiger partial charge in [0.1, 0.15) is 23.4 Å². The van der Waals surface area contributed by atoms with Gasteiger partial charge < -0.3 is 16.0 Å². The Morgan fingerprint density at radius 2 is 2.11 bits per heavy atom. The molecule has 0 spiro atoms. The number of hydrogen-bond acceptors (Lipinski definition) is 7. The molecule has 0 radical (unpaired) electrons. The molecule has 0 saturated carbocycles. The molecule has 5 rings (SSSR count). The first-order valence-corrected chi connectivity index (χ1v) is 12.3. The van der Waals surface area contributed by atoms with Crippen molar-refractivity contribution >= 4 is 46.0 Å². The van der Waals surface area contributed by atoms with E-state index in [-0.39, 0.29) is 28.7 Å². The van der Waals surface area contributed by atoms with E-state index in [1.807, 2.05) is 0 Å². The lowest BCUT2D eigenvalue weighted by Gasteiger charge is -2.32. The van der Waals surface area contributed by atoms with E-state index in [0.717, 1.165) is 12.8 Å². The molecule has 38 heavy (non-hydrogen) atoms. The highest BCUT2D eigenvalue weighted by atomic mass is 35.5. The summed E-state index contributed by atoms with van der Waals surface area (Å²) in [5.74, 6) is 0.0928. The Bertz CT molecular complexity index is 1610. The van der Waals surface area contributed by atoms with Crippen LogP contribution in [-0.4, -0.2) is 49.6 Å². The fourth-order valence-electron chi connectivity index (χ4n) is 4.69. The Labute approximate surface area is 223 Å². The summed E-state index contributed by atoms with van der Waals surface area (Å²) in [5, 5.41) is 18.2. The van der Waals surface area contributed by atoms with Gasteiger partial charge in [0.2, 0.25) is 5.91 Å². The van der Waals surface area contributed by atoms with Crippen molar-refractivity contribution in [2.75, 3.05) is 24.1 Å². The zero-order valence-electron chi connectivity index (χ0n) is 20.3. The SMILES string of the molecule is C=CC(=O)N1CCC[C@@H](n2nc(-c3ccc(C(=O)Nc4ccccn4)cc3Cl)c3c(N)ncc(C#N)c32)C1.